The van der Waals surface area contributed by atoms with Gasteiger partial charge in [0.15, 0.2) is 0 Å². The summed E-state index contributed by atoms with van der Waals surface area (Å²) in [4.78, 5) is 0. The standard InChI is InChI=1S/C24H36O3/c1-18(19-10-6-5-7-11-19)22(26)14-13-21-20(23-15-16-24(21)27-23)12-8-3-2-4-9-17-25/h4-7,9-11,18,20-26H,2-3,8,12-17H2,1H3/t18?,20-,21+,22?,23-,24+/m1/s1. The van der Waals surface area contributed by atoms with Crippen molar-refractivity contribution in [3.8, 4) is 0 Å². The summed E-state index contributed by atoms with van der Waals surface area (Å²) in [5, 5.41) is 19.5. The number of benzene rings is 1. The van der Waals surface area contributed by atoms with Crippen LogP contribution in [0.4, 0.5) is 0 Å². The second-order valence-corrected chi connectivity index (χ2v) is 8.40. The molecular weight excluding hydrogens is 336 g/mol. The highest BCUT2D eigenvalue weighted by Crippen LogP contribution is 2.48. The fraction of sp³-hybridized carbons (Fsp3) is 0.667. The van der Waals surface area contributed by atoms with Crippen LogP contribution in [-0.4, -0.2) is 35.1 Å². The predicted octanol–water partition coefficient (Wildman–Crippen LogP) is 4.83. The van der Waals surface area contributed by atoms with Gasteiger partial charge in [0, 0.05) is 5.92 Å². The minimum atomic E-state index is -0.282. The number of aliphatic hydroxyl groups is 2. The molecule has 2 aliphatic heterocycles. The quantitative estimate of drug-likeness (QED) is 0.432. The molecule has 2 saturated heterocycles. The number of aliphatic hydroxyl groups excluding tert-OH is 2. The molecular formula is C24H36O3. The zero-order chi connectivity index (χ0) is 19.1. The highest BCUT2D eigenvalue weighted by Gasteiger charge is 2.47. The summed E-state index contributed by atoms with van der Waals surface area (Å²) in [5.74, 6) is 1.47. The lowest BCUT2D eigenvalue weighted by Gasteiger charge is -2.29. The maximum absolute atomic E-state index is 10.7. The van der Waals surface area contributed by atoms with Gasteiger partial charge in [0.25, 0.3) is 0 Å². The van der Waals surface area contributed by atoms with Gasteiger partial charge in [-0.15, -0.1) is 0 Å². The fourth-order valence-corrected chi connectivity index (χ4v) is 5.10. The molecule has 0 radical (unpaired) electrons. The summed E-state index contributed by atoms with van der Waals surface area (Å²) in [6.45, 7) is 2.28. The second kappa shape index (κ2) is 10.4. The van der Waals surface area contributed by atoms with Gasteiger partial charge >= 0.3 is 0 Å². The van der Waals surface area contributed by atoms with Crippen molar-refractivity contribution in [3.05, 3.63) is 48.0 Å². The van der Waals surface area contributed by atoms with E-state index in [1.165, 1.54) is 37.7 Å². The number of hydrogen-bond acceptors (Lipinski definition) is 3. The molecule has 2 N–H and O–H groups in total. The summed E-state index contributed by atoms with van der Waals surface area (Å²) >= 11 is 0. The van der Waals surface area contributed by atoms with Gasteiger partial charge in [-0.2, -0.15) is 0 Å². The Labute approximate surface area is 164 Å². The largest absolute Gasteiger partial charge is 0.393 e. The van der Waals surface area contributed by atoms with E-state index in [2.05, 4.69) is 25.1 Å². The molecule has 1 aromatic carbocycles. The predicted molar refractivity (Wildman–Crippen MR) is 110 cm³/mol. The van der Waals surface area contributed by atoms with E-state index < -0.39 is 0 Å². The number of rotatable bonds is 11. The number of hydrogen-bond donors (Lipinski definition) is 2. The molecule has 3 rings (SSSR count). The van der Waals surface area contributed by atoms with Crippen molar-refractivity contribution in [1.29, 1.82) is 0 Å². The van der Waals surface area contributed by atoms with Crippen LogP contribution < -0.4 is 0 Å². The summed E-state index contributed by atoms with van der Waals surface area (Å²) in [5.41, 5.74) is 1.22. The van der Waals surface area contributed by atoms with Crippen LogP contribution in [0.5, 0.6) is 0 Å². The molecule has 0 saturated carbocycles. The molecule has 2 bridgehead atoms. The molecule has 0 aromatic heterocycles. The molecule has 150 valence electrons. The first kappa shape index (κ1) is 20.6. The highest BCUT2D eigenvalue weighted by molar-refractivity contribution is 5.19. The highest BCUT2D eigenvalue weighted by atomic mass is 16.5. The van der Waals surface area contributed by atoms with Crippen molar-refractivity contribution in [3.63, 3.8) is 0 Å². The van der Waals surface area contributed by atoms with E-state index in [0.29, 0.717) is 24.0 Å². The van der Waals surface area contributed by atoms with E-state index in [-0.39, 0.29) is 18.6 Å². The molecule has 0 spiro atoms. The first-order chi connectivity index (χ1) is 13.2. The molecule has 2 unspecified atom stereocenters. The molecule has 0 aliphatic carbocycles. The van der Waals surface area contributed by atoms with E-state index in [9.17, 15) is 5.11 Å². The first-order valence-corrected chi connectivity index (χ1v) is 10.8. The van der Waals surface area contributed by atoms with Crippen LogP contribution in [0.3, 0.4) is 0 Å². The Bertz CT molecular complexity index is 570. The van der Waals surface area contributed by atoms with Crippen molar-refractivity contribution in [2.75, 3.05) is 6.61 Å². The third kappa shape index (κ3) is 5.43. The third-order valence-electron chi connectivity index (χ3n) is 6.72. The zero-order valence-corrected chi connectivity index (χ0v) is 16.7. The number of allylic oxidation sites excluding steroid dienone is 1. The Morgan fingerprint density at radius 3 is 2.44 bits per heavy atom. The molecule has 0 amide bonds. The van der Waals surface area contributed by atoms with Crippen LogP contribution in [0, 0.1) is 11.8 Å². The molecule has 2 aliphatic rings. The smallest absolute Gasteiger partial charge is 0.0612 e. The zero-order valence-electron chi connectivity index (χ0n) is 16.7. The number of fused-ring (bicyclic) bond motifs is 2. The SMILES string of the molecule is CC(c1ccccc1)C(O)CC[C@H]1[C@@H](CCCCC=CCO)[C@H]2CC[C@@H]1O2. The van der Waals surface area contributed by atoms with Gasteiger partial charge in [0.05, 0.1) is 24.9 Å². The van der Waals surface area contributed by atoms with Gasteiger partial charge in [0.2, 0.25) is 0 Å². The van der Waals surface area contributed by atoms with Gasteiger partial charge in [-0.1, -0.05) is 55.8 Å². The second-order valence-electron chi connectivity index (χ2n) is 8.40. The monoisotopic (exact) mass is 372 g/mol. The lowest BCUT2D eigenvalue weighted by Crippen LogP contribution is -2.29. The van der Waals surface area contributed by atoms with Crippen molar-refractivity contribution >= 4 is 0 Å². The molecule has 3 heteroatoms. The Morgan fingerprint density at radius 2 is 1.74 bits per heavy atom. The molecule has 27 heavy (non-hydrogen) atoms. The van der Waals surface area contributed by atoms with E-state index in [0.717, 1.165) is 19.3 Å². The lowest BCUT2D eigenvalue weighted by molar-refractivity contribution is 0.0816. The van der Waals surface area contributed by atoms with E-state index in [4.69, 9.17) is 9.84 Å². The van der Waals surface area contributed by atoms with Crippen molar-refractivity contribution in [1.82, 2.24) is 0 Å². The summed E-state index contributed by atoms with van der Waals surface area (Å²) in [6.07, 6.45) is 13.6. The Morgan fingerprint density at radius 1 is 1.04 bits per heavy atom. The number of ether oxygens (including phenoxy) is 1. The van der Waals surface area contributed by atoms with Gasteiger partial charge in [0.1, 0.15) is 0 Å². The van der Waals surface area contributed by atoms with Gasteiger partial charge in [-0.3, -0.25) is 0 Å². The topological polar surface area (TPSA) is 49.7 Å². The Kier molecular flexibility index (Phi) is 7.93. The Hall–Kier alpha value is -1.16. The summed E-state index contributed by atoms with van der Waals surface area (Å²) in [6, 6.07) is 10.4. The van der Waals surface area contributed by atoms with Crippen molar-refractivity contribution in [2.24, 2.45) is 11.8 Å². The Balaban J connectivity index is 1.46. The minimum Gasteiger partial charge on any atom is -0.393 e. The van der Waals surface area contributed by atoms with Crippen molar-refractivity contribution < 1.29 is 14.9 Å². The van der Waals surface area contributed by atoms with E-state index in [1.54, 1.807) is 0 Å². The van der Waals surface area contributed by atoms with Crippen LogP contribution >= 0.6 is 0 Å². The fourth-order valence-electron chi connectivity index (χ4n) is 5.10. The van der Waals surface area contributed by atoms with E-state index in [1.807, 2.05) is 24.3 Å². The number of unbranched alkanes of at least 4 members (excludes halogenated alkanes) is 2. The summed E-state index contributed by atoms with van der Waals surface area (Å²) in [7, 11) is 0. The summed E-state index contributed by atoms with van der Waals surface area (Å²) < 4.78 is 6.24. The maximum atomic E-state index is 10.7. The van der Waals surface area contributed by atoms with Crippen LogP contribution in [0.2, 0.25) is 0 Å². The van der Waals surface area contributed by atoms with Gasteiger partial charge in [-0.05, 0) is 62.3 Å². The van der Waals surface area contributed by atoms with Crippen LogP contribution in [0.1, 0.15) is 69.8 Å². The molecule has 2 fully saturated rings. The first-order valence-electron chi connectivity index (χ1n) is 10.8. The average Bonchev–Trinajstić information content (AvgIpc) is 3.30. The van der Waals surface area contributed by atoms with Crippen LogP contribution in [0.25, 0.3) is 0 Å². The van der Waals surface area contributed by atoms with Crippen molar-refractivity contribution in [2.45, 2.75) is 82.5 Å². The lowest BCUT2D eigenvalue weighted by atomic mass is 9.74. The van der Waals surface area contributed by atoms with Crippen LogP contribution in [0.15, 0.2) is 42.5 Å². The molecule has 2 heterocycles. The minimum absolute atomic E-state index is 0.145. The molecule has 1 aromatic rings. The van der Waals surface area contributed by atoms with Gasteiger partial charge < -0.3 is 14.9 Å². The third-order valence-corrected chi connectivity index (χ3v) is 6.72. The normalized spacial score (nSPS) is 29.4. The van der Waals surface area contributed by atoms with Crippen LogP contribution in [-0.2, 0) is 4.74 Å². The maximum Gasteiger partial charge on any atom is 0.0612 e. The van der Waals surface area contributed by atoms with E-state index >= 15 is 0 Å². The average molecular weight is 373 g/mol. The molecule has 6 atom stereocenters. The van der Waals surface area contributed by atoms with Gasteiger partial charge in [-0.25, -0.2) is 0 Å². The molecule has 3 nitrogen and oxygen atoms in total.